The number of allylic oxidation sites excluding steroid dienone is 1. The Bertz CT molecular complexity index is 772. The minimum Gasteiger partial charge on any atom is -0.492 e. The molecule has 0 aliphatic carbocycles. The first kappa shape index (κ1) is 20.6. The minimum atomic E-state index is -0.276. The number of hydrogen-bond acceptors (Lipinski definition) is 7. The molecule has 1 fully saturated rings. The summed E-state index contributed by atoms with van der Waals surface area (Å²) in [5, 5.41) is 26.1. The first-order valence-electron chi connectivity index (χ1n) is 10.6. The second-order valence-electron chi connectivity index (χ2n) is 8.14. The lowest BCUT2D eigenvalue weighted by atomic mass is 9.95. The number of rotatable bonds is 5. The van der Waals surface area contributed by atoms with E-state index < -0.39 is 0 Å². The molecule has 7 nitrogen and oxygen atoms in total. The van der Waals surface area contributed by atoms with Gasteiger partial charge in [0.2, 0.25) is 0 Å². The number of aliphatic hydroxyl groups is 1. The van der Waals surface area contributed by atoms with E-state index in [9.17, 15) is 5.11 Å². The smallest absolute Gasteiger partial charge is 0.157 e. The number of hydrogen-bond donors (Lipinski definition) is 6. The maximum absolute atomic E-state index is 15.7. The summed E-state index contributed by atoms with van der Waals surface area (Å²) in [6.45, 7) is 3.40. The van der Waals surface area contributed by atoms with E-state index in [-0.39, 0.29) is 30.9 Å². The van der Waals surface area contributed by atoms with Crippen LogP contribution >= 0.6 is 0 Å². The fourth-order valence-corrected chi connectivity index (χ4v) is 4.43. The van der Waals surface area contributed by atoms with Crippen LogP contribution in [-0.2, 0) is 6.42 Å². The highest BCUT2D eigenvalue weighted by molar-refractivity contribution is 5.77. The molecule has 160 valence electrons. The lowest BCUT2D eigenvalue weighted by molar-refractivity contribution is 0.241. The van der Waals surface area contributed by atoms with E-state index >= 15 is 4.39 Å². The summed E-state index contributed by atoms with van der Waals surface area (Å²) in [6, 6.07) is 2.22. The predicted molar refractivity (Wildman–Crippen MR) is 112 cm³/mol. The molecule has 0 aromatic heterocycles. The maximum atomic E-state index is 15.7. The van der Waals surface area contributed by atoms with Crippen molar-refractivity contribution in [2.75, 3.05) is 32.1 Å². The second-order valence-corrected chi connectivity index (χ2v) is 8.14. The van der Waals surface area contributed by atoms with Gasteiger partial charge in [0.1, 0.15) is 12.0 Å². The van der Waals surface area contributed by atoms with Crippen molar-refractivity contribution in [3.63, 3.8) is 0 Å². The normalized spacial score (nSPS) is 29.6. The number of benzene rings is 1. The lowest BCUT2D eigenvalue weighted by Gasteiger charge is -2.37. The minimum absolute atomic E-state index is 0.0395. The molecule has 4 rings (SSSR count). The Balaban J connectivity index is 1.63. The second kappa shape index (κ2) is 8.97. The highest BCUT2D eigenvalue weighted by Gasteiger charge is 2.29. The van der Waals surface area contributed by atoms with Gasteiger partial charge in [0.25, 0.3) is 0 Å². The van der Waals surface area contributed by atoms with Crippen molar-refractivity contribution in [1.82, 2.24) is 21.3 Å². The Morgan fingerprint density at radius 1 is 1.31 bits per heavy atom. The topological polar surface area (TPSA) is 89.6 Å². The Hall–Kier alpha value is -1.71. The largest absolute Gasteiger partial charge is 0.492 e. The molecule has 0 spiro atoms. The SMILES string of the molecule is CNC1CC(C)NC(Nc2cc3c(c(C4=CCN[C@@H](CO)CC4)c2F)OCC3)N1. The molecule has 3 unspecified atom stereocenters. The maximum Gasteiger partial charge on any atom is 0.157 e. The first-order valence-corrected chi connectivity index (χ1v) is 10.6. The third-order valence-corrected chi connectivity index (χ3v) is 6.03. The third-order valence-electron chi connectivity index (χ3n) is 6.03. The van der Waals surface area contributed by atoms with Gasteiger partial charge in [-0.2, -0.15) is 0 Å². The van der Waals surface area contributed by atoms with Crippen LogP contribution in [0.15, 0.2) is 12.1 Å². The summed E-state index contributed by atoms with van der Waals surface area (Å²) in [5.74, 6) is 0.398. The summed E-state index contributed by atoms with van der Waals surface area (Å²) in [4.78, 5) is 0. The summed E-state index contributed by atoms with van der Waals surface area (Å²) < 4.78 is 21.6. The standard InChI is InChI=1S/C21H32FN5O2/c1-12-9-17(23-2)27-21(25-12)26-16-10-14-6-8-29-20(14)18(19(16)22)13-3-4-15(11-28)24-7-5-13/h5,10,12,15,17,21,23-28H,3-4,6-9,11H2,1-2H3/t12?,15-,17?,21?/m1/s1. The highest BCUT2D eigenvalue weighted by Crippen LogP contribution is 2.41. The van der Waals surface area contributed by atoms with Crippen LogP contribution in [0.2, 0.25) is 0 Å². The van der Waals surface area contributed by atoms with Crippen molar-refractivity contribution in [3.05, 3.63) is 29.1 Å². The number of aliphatic hydroxyl groups excluding tert-OH is 1. The molecule has 29 heavy (non-hydrogen) atoms. The predicted octanol–water partition coefficient (Wildman–Crippen LogP) is 1.10. The monoisotopic (exact) mass is 405 g/mol. The lowest BCUT2D eigenvalue weighted by Crippen LogP contribution is -2.63. The van der Waals surface area contributed by atoms with Crippen LogP contribution in [0.25, 0.3) is 5.57 Å². The molecule has 3 heterocycles. The van der Waals surface area contributed by atoms with E-state index in [1.807, 2.05) is 19.2 Å². The van der Waals surface area contributed by atoms with Crippen LogP contribution in [0.1, 0.15) is 37.3 Å². The van der Waals surface area contributed by atoms with Gasteiger partial charge in [-0.3, -0.25) is 10.6 Å². The van der Waals surface area contributed by atoms with Gasteiger partial charge >= 0.3 is 0 Å². The summed E-state index contributed by atoms with van der Waals surface area (Å²) in [7, 11) is 1.92. The van der Waals surface area contributed by atoms with Gasteiger partial charge in [0, 0.05) is 30.6 Å². The Morgan fingerprint density at radius 3 is 2.97 bits per heavy atom. The molecule has 1 aromatic rings. The van der Waals surface area contributed by atoms with Gasteiger partial charge < -0.3 is 25.8 Å². The average Bonchev–Trinajstić information content (AvgIpc) is 3.04. The fourth-order valence-electron chi connectivity index (χ4n) is 4.43. The van der Waals surface area contributed by atoms with Crippen molar-refractivity contribution >= 4 is 11.3 Å². The van der Waals surface area contributed by atoms with Crippen LogP contribution in [-0.4, -0.2) is 56.5 Å². The average molecular weight is 406 g/mol. The Morgan fingerprint density at radius 2 is 2.17 bits per heavy atom. The van der Waals surface area contributed by atoms with Gasteiger partial charge in [-0.1, -0.05) is 6.08 Å². The van der Waals surface area contributed by atoms with E-state index in [1.165, 1.54) is 0 Å². The molecule has 0 amide bonds. The van der Waals surface area contributed by atoms with E-state index in [1.54, 1.807) is 0 Å². The number of ether oxygens (including phenoxy) is 1. The van der Waals surface area contributed by atoms with Gasteiger partial charge in [-0.05, 0) is 44.9 Å². The van der Waals surface area contributed by atoms with E-state index in [4.69, 9.17) is 4.74 Å². The van der Waals surface area contributed by atoms with Crippen LogP contribution < -0.4 is 31.3 Å². The molecule has 3 aliphatic heterocycles. The fraction of sp³-hybridized carbons (Fsp3) is 0.619. The summed E-state index contributed by atoms with van der Waals surface area (Å²) in [6.07, 6.45) is 5.15. The quantitative estimate of drug-likeness (QED) is 0.437. The van der Waals surface area contributed by atoms with Gasteiger partial charge in [0.05, 0.1) is 30.6 Å². The van der Waals surface area contributed by atoms with Gasteiger partial charge in [-0.25, -0.2) is 4.39 Å². The molecule has 8 heteroatoms. The molecular formula is C21H32FN5O2. The molecule has 0 saturated carbocycles. The van der Waals surface area contributed by atoms with Crippen molar-refractivity contribution in [1.29, 1.82) is 0 Å². The van der Waals surface area contributed by atoms with Crippen LogP contribution in [0, 0.1) is 5.82 Å². The molecule has 1 aromatic carbocycles. The first-order chi connectivity index (χ1) is 14.1. The molecular weight excluding hydrogens is 373 g/mol. The van der Waals surface area contributed by atoms with Gasteiger partial charge in [0.15, 0.2) is 5.82 Å². The zero-order valence-corrected chi connectivity index (χ0v) is 17.1. The van der Waals surface area contributed by atoms with Crippen molar-refractivity contribution in [2.45, 2.75) is 57.1 Å². The van der Waals surface area contributed by atoms with Crippen LogP contribution in [0.5, 0.6) is 5.75 Å². The van der Waals surface area contributed by atoms with Crippen molar-refractivity contribution < 1.29 is 14.2 Å². The zero-order valence-electron chi connectivity index (χ0n) is 17.1. The molecule has 3 aliphatic rings. The van der Waals surface area contributed by atoms with E-state index in [0.717, 1.165) is 30.4 Å². The number of fused-ring (bicyclic) bond motifs is 1. The third kappa shape index (κ3) is 4.41. The van der Waals surface area contributed by atoms with E-state index in [2.05, 4.69) is 33.5 Å². The summed E-state index contributed by atoms with van der Waals surface area (Å²) >= 11 is 0. The zero-order chi connectivity index (χ0) is 20.4. The molecule has 0 bridgehead atoms. The van der Waals surface area contributed by atoms with Crippen molar-refractivity contribution in [3.8, 4) is 5.75 Å². The molecule has 1 saturated heterocycles. The Labute approximate surface area is 171 Å². The number of nitrogens with one attached hydrogen (secondary N) is 5. The Kier molecular flexibility index (Phi) is 6.36. The van der Waals surface area contributed by atoms with E-state index in [0.29, 0.717) is 42.6 Å². The molecule has 4 atom stereocenters. The van der Waals surface area contributed by atoms with Gasteiger partial charge in [-0.15, -0.1) is 0 Å². The van der Waals surface area contributed by atoms with Crippen LogP contribution in [0.4, 0.5) is 10.1 Å². The number of halogens is 1. The number of anilines is 1. The summed E-state index contributed by atoms with van der Waals surface area (Å²) in [5.41, 5.74) is 3.03. The molecule has 0 radical (unpaired) electrons. The molecule has 6 N–H and O–H groups in total. The van der Waals surface area contributed by atoms with Crippen molar-refractivity contribution in [2.24, 2.45) is 0 Å². The van der Waals surface area contributed by atoms with Crippen LogP contribution in [0.3, 0.4) is 0 Å². The highest BCUT2D eigenvalue weighted by atomic mass is 19.1.